The number of benzene rings is 1. The summed E-state index contributed by atoms with van der Waals surface area (Å²) in [4.78, 5) is 0. The average Bonchev–Trinajstić information content (AvgIpc) is 2.54. The van der Waals surface area contributed by atoms with E-state index >= 15 is 0 Å². The van der Waals surface area contributed by atoms with Crippen LogP contribution in [-0.4, -0.2) is 9.78 Å². The van der Waals surface area contributed by atoms with Crippen molar-refractivity contribution in [2.24, 2.45) is 7.05 Å². The summed E-state index contributed by atoms with van der Waals surface area (Å²) in [6, 6.07) is 14.0. The van der Waals surface area contributed by atoms with Gasteiger partial charge in [-0.05, 0) is 13.0 Å². The normalized spacial score (nSPS) is 8.77. The molecule has 68 valence electrons. The van der Waals surface area contributed by atoms with Crippen LogP contribution in [-0.2, 0) is 7.05 Å². The van der Waals surface area contributed by atoms with Gasteiger partial charge in [0, 0.05) is 13.2 Å². The van der Waals surface area contributed by atoms with Crippen LogP contribution in [0, 0.1) is 6.92 Å². The molecule has 0 aliphatic rings. The number of hydrogen-bond acceptors (Lipinski definition) is 1. The Bertz CT molecular complexity index is 282. The van der Waals surface area contributed by atoms with Crippen molar-refractivity contribution in [3.05, 3.63) is 54.4 Å². The van der Waals surface area contributed by atoms with Crippen molar-refractivity contribution in [3.8, 4) is 0 Å². The van der Waals surface area contributed by atoms with E-state index in [0.29, 0.717) is 0 Å². The Morgan fingerprint density at radius 2 is 1.46 bits per heavy atom. The van der Waals surface area contributed by atoms with Gasteiger partial charge in [-0.2, -0.15) is 5.10 Å². The van der Waals surface area contributed by atoms with E-state index in [0.717, 1.165) is 5.69 Å². The molecule has 0 spiro atoms. The fourth-order valence-electron chi connectivity index (χ4n) is 0.916. The van der Waals surface area contributed by atoms with E-state index in [-0.39, 0.29) is 0 Å². The number of rotatable bonds is 0. The minimum Gasteiger partial charge on any atom is -0.276 e. The molecule has 13 heavy (non-hydrogen) atoms. The van der Waals surface area contributed by atoms with Crippen LogP contribution in [0.15, 0.2) is 48.7 Å². The molecule has 2 aromatic rings. The van der Waals surface area contributed by atoms with Crippen molar-refractivity contribution < 1.29 is 0 Å². The first kappa shape index (κ1) is 9.52. The lowest BCUT2D eigenvalue weighted by atomic mass is 10.4. The molecule has 0 bridgehead atoms. The standard InChI is InChI=1S/C6H6.C5H8N2/c1-2-4-6-5-3-1;1-5-3-4-7(2)6-5/h1-6H;3-4H,1-2H3. The Hall–Kier alpha value is -1.57. The van der Waals surface area contributed by atoms with Crippen molar-refractivity contribution in [2.75, 3.05) is 0 Å². The zero-order valence-corrected chi connectivity index (χ0v) is 8.01. The first-order chi connectivity index (χ1) is 6.29. The van der Waals surface area contributed by atoms with Crippen LogP contribution >= 0.6 is 0 Å². The Balaban J connectivity index is 0.000000132. The van der Waals surface area contributed by atoms with Gasteiger partial charge in [-0.1, -0.05) is 36.4 Å². The molecule has 1 heterocycles. The van der Waals surface area contributed by atoms with Gasteiger partial charge in [-0.3, -0.25) is 4.68 Å². The summed E-state index contributed by atoms with van der Waals surface area (Å²) in [5.74, 6) is 0. The third-order valence-corrected chi connectivity index (χ3v) is 1.51. The summed E-state index contributed by atoms with van der Waals surface area (Å²) in [6.07, 6.45) is 1.93. The van der Waals surface area contributed by atoms with Crippen LogP contribution in [0.25, 0.3) is 0 Å². The molecule has 0 radical (unpaired) electrons. The van der Waals surface area contributed by atoms with Gasteiger partial charge in [0.1, 0.15) is 0 Å². The van der Waals surface area contributed by atoms with Gasteiger partial charge in [0.15, 0.2) is 0 Å². The molecule has 0 saturated carbocycles. The fourth-order valence-corrected chi connectivity index (χ4v) is 0.916. The highest BCUT2D eigenvalue weighted by Crippen LogP contribution is 1.86. The minimum absolute atomic E-state index is 1.07. The molecule has 2 heteroatoms. The van der Waals surface area contributed by atoms with Crippen molar-refractivity contribution in [2.45, 2.75) is 6.92 Å². The molecule has 1 aromatic carbocycles. The lowest BCUT2D eigenvalue weighted by Gasteiger charge is -1.79. The molecule has 0 saturated heterocycles. The smallest absolute Gasteiger partial charge is 0.0593 e. The summed E-state index contributed by atoms with van der Waals surface area (Å²) in [6.45, 7) is 1.97. The third-order valence-electron chi connectivity index (χ3n) is 1.51. The Morgan fingerprint density at radius 1 is 1.00 bits per heavy atom. The maximum absolute atomic E-state index is 4.03. The number of nitrogens with zero attached hydrogens (tertiary/aromatic N) is 2. The molecular weight excluding hydrogens is 160 g/mol. The Labute approximate surface area is 78.8 Å². The van der Waals surface area contributed by atoms with Gasteiger partial charge < -0.3 is 0 Å². The summed E-state index contributed by atoms with van der Waals surface area (Å²) in [5.41, 5.74) is 1.07. The number of aryl methyl sites for hydroxylation is 2. The first-order valence-corrected chi connectivity index (χ1v) is 4.25. The SMILES string of the molecule is Cc1ccn(C)n1.c1ccccc1. The molecule has 0 unspecified atom stereocenters. The van der Waals surface area contributed by atoms with E-state index < -0.39 is 0 Å². The maximum atomic E-state index is 4.03. The second-order valence-corrected chi connectivity index (χ2v) is 2.79. The highest BCUT2D eigenvalue weighted by molar-refractivity contribution is 4.99. The molecule has 0 aliphatic carbocycles. The zero-order chi connectivity index (χ0) is 9.52. The molecule has 1 aromatic heterocycles. The maximum Gasteiger partial charge on any atom is 0.0593 e. The van der Waals surface area contributed by atoms with Crippen LogP contribution in [0.2, 0.25) is 0 Å². The van der Waals surface area contributed by atoms with Crippen LogP contribution in [0.5, 0.6) is 0 Å². The van der Waals surface area contributed by atoms with E-state index in [1.54, 1.807) is 4.68 Å². The van der Waals surface area contributed by atoms with E-state index in [2.05, 4.69) is 5.10 Å². The molecule has 0 fully saturated rings. The van der Waals surface area contributed by atoms with E-state index in [4.69, 9.17) is 0 Å². The van der Waals surface area contributed by atoms with Gasteiger partial charge in [-0.25, -0.2) is 0 Å². The van der Waals surface area contributed by atoms with E-state index in [1.165, 1.54) is 0 Å². The van der Waals surface area contributed by atoms with Crippen molar-refractivity contribution >= 4 is 0 Å². The topological polar surface area (TPSA) is 17.8 Å². The lowest BCUT2D eigenvalue weighted by molar-refractivity contribution is 0.756. The third kappa shape index (κ3) is 4.11. The van der Waals surface area contributed by atoms with Gasteiger partial charge in [0.25, 0.3) is 0 Å². The fraction of sp³-hybridized carbons (Fsp3) is 0.182. The van der Waals surface area contributed by atoms with Crippen LogP contribution in [0.1, 0.15) is 5.69 Å². The largest absolute Gasteiger partial charge is 0.276 e. The summed E-state index contributed by atoms with van der Waals surface area (Å²) < 4.78 is 1.79. The summed E-state index contributed by atoms with van der Waals surface area (Å²) >= 11 is 0. The molecule has 0 atom stereocenters. The van der Waals surface area contributed by atoms with E-state index in [1.807, 2.05) is 62.6 Å². The van der Waals surface area contributed by atoms with Gasteiger partial charge in [-0.15, -0.1) is 0 Å². The molecule has 2 nitrogen and oxygen atoms in total. The summed E-state index contributed by atoms with van der Waals surface area (Å²) in [7, 11) is 1.91. The van der Waals surface area contributed by atoms with Crippen LogP contribution in [0.3, 0.4) is 0 Å². The molecule has 2 rings (SSSR count). The number of hydrogen-bond donors (Lipinski definition) is 0. The molecule has 0 N–H and O–H groups in total. The zero-order valence-electron chi connectivity index (χ0n) is 8.01. The first-order valence-electron chi connectivity index (χ1n) is 4.25. The molecule has 0 aliphatic heterocycles. The predicted octanol–water partition coefficient (Wildman–Crippen LogP) is 2.42. The highest BCUT2D eigenvalue weighted by Gasteiger charge is 1.81. The van der Waals surface area contributed by atoms with Gasteiger partial charge in [0.2, 0.25) is 0 Å². The monoisotopic (exact) mass is 174 g/mol. The van der Waals surface area contributed by atoms with Gasteiger partial charge >= 0.3 is 0 Å². The van der Waals surface area contributed by atoms with Crippen LogP contribution < -0.4 is 0 Å². The second-order valence-electron chi connectivity index (χ2n) is 2.79. The Morgan fingerprint density at radius 3 is 1.62 bits per heavy atom. The summed E-state index contributed by atoms with van der Waals surface area (Å²) in [5, 5.41) is 4.03. The highest BCUT2D eigenvalue weighted by atomic mass is 15.2. The van der Waals surface area contributed by atoms with Crippen molar-refractivity contribution in [3.63, 3.8) is 0 Å². The Kier molecular flexibility index (Phi) is 3.76. The quantitative estimate of drug-likeness (QED) is 0.599. The van der Waals surface area contributed by atoms with Gasteiger partial charge in [0.05, 0.1) is 5.69 Å². The van der Waals surface area contributed by atoms with Crippen molar-refractivity contribution in [1.82, 2.24) is 9.78 Å². The van der Waals surface area contributed by atoms with E-state index in [9.17, 15) is 0 Å². The molecule has 0 amide bonds. The minimum atomic E-state index is 1.07. The van der Waals surface area contributed by atoms with Crippen LogP contribution in [0.4, 0.5) is 0 Å². The molecular formula is C11H14N2. The average molecular weight is 174 g/mol. The van der Waals surface area contributed by atoms with Crippen molar-refractivity contribution in [1.29, 1.82) is 0 Å². The second kappa shape index (κ2) is 5.14. The lowest BCUT2D eigenvalue weighted by Crippen LogP contribution is -1.86. The predicted molar refractivity (Wildman–Crippen MR) is 54.4 cm³/mol. The number of aromatic nitrogens is 2.